The number of aryl methyl sites for hydroxylation is 2. The minimum Gasteiger partial charge on any atom is -0.480 e. The number of carbonyl (C=O) groups is 2. The molecular weight excluding hydrogens is 329 g/mol. The smallest absolute Gasteiger partial charge is 0.326 e. The van der Waals surface area contributed by atoms with E-state index in [2.05, 4.69) is 10.1 Å². The Morgan fingerprint density at radius 3 is 2.96 bits per heavy atom. The van der Waals surface area contributed by atoms with Gasteiger partial charge in [-0.05, 0) is 31.4 Å². The van der Waals surface area contributed by atoms with Crippen LogP contribution in [-0.2, 0) is 16.0 Å². The highest BCUT2D eigenvalue weighted by molar-refractivity contribution is 5.84. The Hall–Kier alpha value is -2.77. The molecule has 2 aromatic rings. The third-order valence-corrected chi connectivity index (χ3v) is 4.31. The summed E-state index contributed by atoms with van der Waals surface area (Å²) in [6, 6.07) is 3.90. The fraction of sp³-hybridized carbons (Fsp3) is 0.412. The third-order valence-electron chi connectivity index (χ3n) is 4.31. The number of halogens is 1. The number of aromatic nitrogens is 2. The van der Waals surface area contributed by atoms with Gasteiger partial charge in [-0.1, -0.05) is 17.3 Å². The molecule has 1 amide bonds. The lowest BCUT2D eigenvalue weighted by atomic mass is 10.1. The van der Waals surface area contributed by atoms with E-state index in [1.54, 1.807) is 19.1 Å². The number of carboxylic acids is 1. The van der Waals surface area contributed by atoms with Gasteiger partial charge in [0, 0.05) is 24.9 Å². The number of rotatable bonds is 5. The predicted octanol–water partition coefficient (Wildman–Crippen LogP) is 2.19. The van der Waals surface area contributed by atoms with Crippen LogP contribution in [0.4, 0.5) is 4.39 Å². The van der Waals surface area contributed by atoms with E-state index >= 15 is 0 Å². The maximum Gasteiger partial charge on any atom is 0.326 e. The molecule has 1 N–H and O–H groups in total. The maximum absolute atomic E-state index is 13.6. The minimum absolute atomic E-state index is 0.0909. The molecule has 0 saturated carbocycles. The Labute approximate surface area is 143 Å². The molecule has 0 radical (unpaired) electrons. The average Bonchev–Trinajstić information content (AvgIpc) is 3.24. The summed E-state index contributed by atoms with van der Waals surface area (Å²) in [5.41, 5.74) is 1.02. The lowest BCUT2D eigenvalue weighted by molar-refractivity contribution is -0.148. The highest BCUT2D eigenvalue weighted by Crippen LogP contribution is 2.21. The molecular formula is C17H18FN3O4. The van der Waals surface area contributed by atoms with E-state index in [0.717, 1.165) is 0 Å². The fourth-order valence-electron chi connectivity index (χ4n) is 2.89. The number of carboxylic acid groups (broad SMARTS) is 1. The van der Waals surface area contributed by atoms with E-state index in [9.17, 15) is 14.0 Å². The molecule has 1 aliphatic heterocycles. The number of hydrogen-bond acceptors (Lipinski definition) is 5. The van der Waals surface area contributed by atoms with Gasteiger partial charge in [0.25, 0.3) is 0 Å². The van der Waals surface area contributed by atoms with Gasteiger partial charge >= 0.3 is 5.97 Å². The molecule has 8 heteroatoms. The van der Waals surface area contributed by atoms with Gasteiger partial charge in [0.1, 0.15) is 11.9 Å². The fourth-order valence-corrected chi connectivity index (χ4v) is 2.89. The highest BCUT2D eigenvalue weighted by atomic mass is 19.1. The van der Waals surface area contributed by atoms with Crippen molar-refractivity contribution in [3.8, 4) is 11.4 Å². The first-order chi connectivity index (χ1) is 12.0. The minimum atomic E-state index is -0.979. The van der Waals surface area contributed by atoms with E-state index in [-0.39, 0.29) is 36.3 Å². The number of nitrogens with zero attached hydrogens (tertiary/aromatic N) is 3. The topological polar surface area (TPSA) is 96.5 Å². The monoisotopic (exact) mass is 347 g/mol. The molecule has 0 aliphatic carbocycles. The number of aliphatic carboxylic acids is 1. The van der Waals surface area contributed by atoms with E-state index in [1.165, 1.54) is 11.0 Å². The summed E-state index contributed by atoms with van der Waals surface area (Å²) in [7, 11) is 0. The van der Waals surface area contributed by atoms with Crippen molar-refractivity contribution in [2.24, 2.45) is 0 Å². The lowest BCUT2D eigenvalue weighted by Crippen LogP contribution is -2.40. The zero-order chi connectivity index (χ0) is 18.0. The van der Waals surface area contributed by atoms with Crippen LogP contribution in [0.25, 0.3) is 11.4 Å². The Kier molecular flexibility index (Phi) is 4.78. The Balaban J connectivity index is 1.63. The third kappa shape index (κ3) is 3.67. The molecule has 3 rings (SSSR count). The summed E-state index contributed by atoms with van der Waals surface area (Å²) in [6.45, 7) is 2.11. The molecule has 25 heavy (non-hydrogen) atoms. The Bertz CT molecular complexity index is 805. The molecule has 1 unspecified atom stereocenters. The van der Waals surface area contributed by atoms with Crippen molar-refractivity contribution >= 4 is 11.9 Å². The van der Waals surface area contributed by atoms with Gasteiger partial charge < -0.3 is 14.5 Å². The second kappa shape index (κ2) is 7.00. The molecule has 0 spiro atoms. The van der Waals surface area contributed by atoms with Crippen LogP contribution in [0.2, 0.25) is 0 Å². The molecule has 1 aliphatic rings. The van der Waals surface area contributed by atoms with E-state index in [0.29, 0.717) is 30.5 Å². The first-order valence-corrected chi connectivity index (χ1v) is 8.07. The summed E-state index contributed by atoms with van der Waals surface area (Å²) in [4.78, 5) is 28.9. The number of benzene rings is 1. The zero-order valence-corrected chi connectivity index (χ0v) is 13.7. The van der Waals surface area contributed by atoms with Gasteiger partial charge in [-0.2, -0.15) is 4.98 Å². The molecule has 1 fully saturated rings. The van der Waals surface area contributed by atoms with Crippen LogP contribution in [-0.4, -0.2) is 44.6 Å². The molecule has 2 heterocycles. The van der Waals surface area contributed by atoms with Crippen LogP contribution in [0.15, 0.2) is 22.7 Å². The van der Waals surface area contributed by atoms with Crippen LogP contribution in [0.1, 0.15) is 30.7 Å². The summed E-state index contributed by atoms with van der Waals surface area (Å²) < 4.78 is 18.7. The maximum atomic E-state index is 13.6. The molecule has 0 bridgehead atoms. The second-order valence-electron chi connectivity index (χ2n) is 6.06. The van der Waals surface area contributed by atoms with Crippen LogP contribution >= 0.6 is 0 Å². The van der Waals surface area contributed by atoms with E-state index in [4.69, 9.17) is 9.63 Å². The molecule has 132 valence electrons. The lowest BCUT2D eigenvalue weighted by Gasteiger charge is -2.20. The van der Waals surface area contributed by atoms with Crippen LogP contribution in [0.3, 0.4) is 0 Å². The second-order valence-corrected chi connectivity index (χ2v) is 6.06. The zero-order valence-electron chi connectivity index (χ0n) is 13.7. The summed E-state index contributed by atoms with van der Waals surface area (Å²) in [6.07, 6.45) is 1.47. The Morgan fingerprint density at radius 2 is 2.24 bits per heavy atom. The first kappa shape index (κ1) is 17.1. The first-order valence-electron chi connectivity index (χ1n) is 8.07. The Morgan fingerprint density at radius 1 is 1.44 bits per heavy atom. The predicted molar refractivity (Wildman–Crippen MR) is 85.1 cm³/mol. The molecule has 1 aromatic heterocycles. The molecule has 1 saturated heterocycles. The van der Waals surface area contributed by atoms with Gasteiger partial charge in [-0.25, -0.2) is 9.18 Å². The standard InChI is InChI=1S/C17H18FN3O4/c1-10-4-5-11(9-12(10)18)16-19-14(25-20-16)6-7-15(22)21-8-2-3-13(21)17(23)24/h4-5,9,13H,2-3,6-8H2,1H3,(H,23,24). The van der Waals surface area contributed by atoms with Gasteiger partial charge in [0.05, 0.1) is 0 Å². The summed E-state index contributed by atoms with van der Waals surface area (Å²) in [5, 5.41) is 12.9. The SMILES string of the molecule is Cc1ccc(-c2noc(CCC(=O)N3CCCC3C(=O)O)n2)cc1F. The molecule has 1 aromatic carbocycles. The number of amides is 1. The van der Waals surface area contributed by atoms with Crippen molar-refractivity contribution in [3.63, 3.8) is 0 Å². The van der Waals surface area contributed by atoms with Gasteiger partial charge in [-0.15, -0.1) is 0 Å². The van der Waals surface area contributed by atoms with Gasteiger partial charge in [-0.3, -0.25) is 4.79 Å². The van der Waals surface area contributed by atoms with Gasteiger partial charge in [0.15, 0.2) is 0 Å². The summed E-state index contributed by atoms with van der Waals surface area (Å²) in [5.74, 6) is -1.06. The van der Waals surface area contributed by atoms with Crippen molar-refractivity contribution in [2.75, 3.05) is 6.54 Å². The van der Waals surface area contributed by atoms with Gasteiger partial charge in [0.2, 0.25) is 17.6 Å². The normalized spacial score (nSPS) is 17.0. The van der Waals surface area contributed by atoms with Crippen molar-refractivity contribution in [2.45, 2.75) is 38.6 Å². The molecule has 7 nitrogen and oxygen atoms in total. The quantitative estimate of drug-likeness (QED) is 0.890. The van der Waals surface area contributed by atoms with Crippen molar-refractivity contribution in [1.29, 1.82) is 0 Å². The van der Waals surface area contributed by atoms with Crippen molar-refractivity contribution in [1.82, 2.24) is 15.0 Å². The van der Waals surface area contributed by atoms with E-state index in [1.807, 2.05) is 0 Å². The number of hydrogen-bond donors (Lipinski definition) is 1. The highest BCUT2D eigenvalue weighted by Gasteiger charge is 2.33. The van der Waals surface area contributed by atoms with Crippen LogP contribution in [0.5, 0.6) is 0 Å². The largest absolute Gasteiger partial charge is 0.480 e. The van der Waals surface area contributed by atoms with Crippen molar-refractivity contribution < 1.29 is 23.6 Å². The van der Waals surface area contributed by atoms with Crippen molar-refractivity contribution in [3.05, 3.63) is 35.5 Å². The summed E-state index contributed by atoms with van der Waals surface area (Å²) >= 11 is 0. The van der Waals surface area contributed by atoms with Crippen LogP contribution in [0, 0.1) is 12.7 Å². The van der Waals surface area contributed by atoms with E-state index < -0.39 is 12.0 Å². The average molecular weight is 347 g/mol. The number of likely N-dealkylation sites (tertiary alicyclic amines) is 1. The number of carbonyl (C=O) groups excluding carboxylic acids is 1. The van der Waals surface area contributed by atoms with Crippen LogP contribution < -0.4 is 0 Å². The molecule has 1 atom stereocenters.